The van der Waals surface area contributed by atoms with Crippen LogP contribution in [-0.2, 0) is 0 Å². The minimum atomic E-state index is 0.606. The molecule has 0 aromatic carbocycles. The third-order valence-electron chi connectivity index (χ3n) is 1.72. The van der Waals surface area contributed by atoms with Gasteiger partial charge in [0.05, 0.1) is 0 Å². The van der Waals surface area contributed by atoms with Crippen molar-refractivity contribution in [1.82, 2.24) is 16.0 Å². The van der Waals surface area contributed by atoms with Crippen LogP contribution in [-0.4, -0.2) is 24.6 Å². The van der Waals surface area contributed by atoms with Crippen molar-refractivity contribution in [3.63, 3.8) is 0 Å². The molecule has 0 bridgehead atoms. The summed E-state index contributed by atoms with van der Waals surface area (Å²) in [5.74, 6) is 0.711. The van der Waals surface area contributed by atoms with E-state index in [2.05, 4.69) is 29.8 Å². The average molecular weight is 129 g/mol. The molecule has 1 unspecified atom stereocenters. The molecule has 0 aromatic rings. The second-order valence-electron chi connectivity index (χ2n) is 2.99. The predicted octanol–water partition coefficient (Wildman–Crippen LogP) is -0.0344. The van der Waals surface area contributed by atoms with Crippen LogP contribution >= 0.6 is 0 Å². The Hall–Kier alpha value is -0.120. The molecule has 2 N–H and O–H groups in total. The second-order valence-corrected chi connectivity index (χ2v) is 2.99. The van der Waals surface area contributed by atoms with Gasteiger partial charge >= 0.3 is 0 Å². The second kappa shape index (κ2) is 2.64. The van der Waals surface area contributed by atoms with Gasteiger partial charge in [-0.25, -0.2) is 10.4 Å². The van der Waals surface area contributed by atoms with Gasteiger partial charge in [0, 0.05) is 19.6 Å². The Balaban J connectivity index is 2.30. The first-order valence-corrected chi connectivity index (χ1v) is 3.42. The third-order valence-corrected chi connectivity index (χ3v) is 1.72. The number of hydrogen-bond donors (Lipinski definition) is 2. The van der Waals surface area contributed by atoms with E-state index in [0.717, 1.165) is 6.54 Å². The molecule has 54 valence electrons. The van der Waals surface area contributed by atoms with Gasteiger partial charge in [-0.2, -0.15) is 5.53 Å². The predicted molar refractivity (Wildman–Crippen MR) is 37.5 cm³/mol. The Morgan fingerprint density at radius 3 is 2.44 bits per heavy atom. The molecule has 0 radical (unpaired) electrons. The third kappa shape index (κ3) is 1.64. The molecule has 1 fully saturated rings. The quantitative estimate of drug-likeness (QED) is 0.520. The van der Waals surface area contributed by atoms with Gasteiger partial charge in [0.2, 0.25) is 0 Å². The van der Waals surface area contributed by atoms with Crippen LogP contribution in [0.5, 0.6) is 0 Å². The van der Waals surface area contributed by atoms with E-state index >= 15 is 0 Å². The molecule has 0 aromatic heterocycles. The number of hydrogen-bond acceptors (Lipinski definition) is 3. The summed E-state index contributed by atoms with van der Waals surface area (Å²) in [6, 6.07) is 0.606. The van der Waals surface area contributed by atoms with Gasteiger partial charge in [-0.15, -0.1) is 0 Å². The fraction of sp³-hybridized carbons (Fsp3) is 1.00. The number of rotatable bonds is 1. The highest BCUT2D eigenvalue weighted by molar-refractivity contribution is 4.74. The van der Waals surface area contributed by atoms with Crippen molar-refractivity contribution in [3.8, 4) is 0 Å². The maximum atomic E-state index is 3.18. The summed E-state index contributed by atoms with van der Waals surface area (Å²) in [6.45, 7) is 5.54. The van der Waals surface area contributed by atoms with Crippen LogP contribution in [0.4, 0.5) is 0 Å². The van der Waals surface area contributed by atoms with E-state index in [1.54, 1.807) is 0 Å². The van der Waals surface area contributed by atoms with Crippen LogP contribution < -0.4 is 11.0 Å². The Morgan fingerprint density at radius 1 is 1.56 bits per heavy atom. The summed E-state index contributed by atoms with van der Waals surface area (Å²) in [4.78, 5) is 0. The lowest BCUT2D eigenvalue weighted by Gasteiger charge is -2.11. The first kappa shape index (κ1) is 6.99. The lowest BCUT2D eigenvalue weighted by molar-refractivity contribution is 0.289. The maximum absolute atomic E-state index is 3.18. The number of hydrazine groups is 2. The summed E-state index contributed by atoms with van der Waals surface area (Å²) in [5, 5.41) is 2.06. The molecular weight excluding hydrogens is 114 g/mol. The zero-order valence-electron chi connectivity index (χ0n) is 6.31. The first-order chi connectivity index (χ1) is 4.20. The van der Waals surface area contributed by atoms with Crippen LogP contribution in [0.2, 0.25) is 0 Å². The molecule has 1 heterocycles. The van der Waals surface area contributed by atoms with Crippen molar-refractivity contribution < 1.29 is 0 Å². The van der Waals surface area contributed by atoms with Gasteiger partial charge in [-0.3, -0.25) is 0 Å². The summed E-state index contributed by atoms with van der Waals surface area (Å²) in [6.07, 6.45) is 0. The zero-order valence-corrected chi connectivity index (χ0v) is 6.31. The molecule has 0 amide bonds. The van der Waals surface area contributed by atoms with Crippen molar-refractivity contribution in [2.45, 2.75) is 19.9 Å². The highest BCUT2D eigenvalue weighted by Gasteiger charge is 2.20. The minimum absolute atomic E-state index is 0.606. The topological polar surface area (TPSA) is 27.3 Å². The van der Waals surface area contributed by atoms with Gasteiger partial charge in [-0.1, -0.05) is 13.8 Å². The van der Waals surface area contributed by atoms with Crippen LogP contribution in [0.15, 0.2) is 0 Å². The zero-order chi connectivity index (χ0) is 6.85. The van der Waals surface area contributed by atoms with E-state index < -0.39 is 0 Å². The molecule has 1 aliphatic heterocycles. The van der Waals surface area contributed by atoms with Gasteiger partial charge in [0.25, 0.3) is 0 Å². The molecule has 1 atom stereocenters. The molecule has 0 saturated carbocycles. The van der Waals surface area contributed by atoms with Crippen molar-refractivity contribution in [3.05, 3.63) is 0 Å². The highest BCUT2D eigenvalue weighted by atomic mass is 15.7. The van der Waals surface area contributed by atoms with E-state index in [-0.39, 0.29) is 0 Å². The van der Waals surface area contributed by atoms with Crippen LogP contribution in [0.25, 0.3) is 0 Å². The van der Waals surface area contributed by atoms with E-state index in [4.69, 9.17) is 0 Å². The average Bonchev–Trinajstić information content (AvgIpc) is 2.14. The van der Waals surface area contributed by atoms with Crippen LogP contribution in [0, 0.1) is 5.92 Å². The summed E-state index contributed by atoms with van der Waals surface area (Å²) >= 11 is 0. The van der Waals surface area contributed by atoms with Gasteiger partial charge in [-0.05, 0) is 5.92 Å². The smallest absolute Gasteiger partial charge is 0.0390 e. The van der Waals surface area contributed by atoms with Gasteiger partial charge in [0.1, 0.15) is 0 Å². The molecule has 3 heteroatoms. The first-order valence-electron chi connectivity index (χ1n) is 3.42. The lowest BCUT2D eigenvalue weighted by Crippen LogP contribution is -2.36. The van der Waals surface area contributed by atoms with Crippen LogP contribution in [0.1, 0.15) is 13.8 Å². The van der Waals surface area contributed by atoms with E-state index in [0.29, 0.717) is 12.0 Å². The molecular formula is C6H15N3. The van der Waals surface area contributed by atoms with Gasteiger partial charge in [0.15, 0.2) is 0 Å². The monoisotopic (exact) mass is 129 g/mol. The van der Waals surface area contributed by atoms with Crippen molar-refractivity contribution >= 4 is 0 Å². The van der Waals surface area contributed by atoms with Crippen molar-refractivity contribution in [2.24, 2.45) is 5.92 Å². The summed E-state index contributed by atoms with van der Waals surface area (Å²) < 4.78 is 0. The number of nitrogens with one attached hydrogen (secondary N) is 2. The normalized spacial score (nSPS) is 30.0. The number of nitrogens with zero attached hydrogens (tertiary/aromatic N) is 1. The lowest BCUT2D eigenvalue weighted by atomic mass is 10.1. The van der Waals surface area contributed by atoms with Crippen molar-refractivity contribution in [2.75, 3.05) is 13.6 Å². The maximum Gasteiger partial charge on any atom is 0.0390 e. The minimum Gasteiger partial charge on any atom is -0.239 e. The molecule has 1 aliphatic rings. The Morgan fingerprint density at radius 2 is 2.22 bits per heavy atom. The highest BCUT2D eigenvalue weighted by Crippen LogP contribution is 2.04. The van der Waals surface area contributed by atoms with Crippen LogP contribution in [0.3, 0.4) is 0 Å². The largest absolute Gasteiger partial charge is 0.239 e. The van der Waals surface area contributed by atoms with Gasteiger partial charge < -0.3 is 0 Å². The molecule has 1 saturated heterocycles. The molecule has 3 nitrogen and oxygen atoms in total. The number of likely N-dealkylation sites (N-methyl/N-ethyl adjacent to an activating group) is 1. The van der Waals surface area contributed by atoms with Crippen molar-refractivity contribution in [1.29, 1.82) is 0 Å². The molecule has 9 heavy (non-hydrogen) atoms. The standard InChI is InChI=1S/C6H15N3/c1-5(2)6-4-9(3)8-7-6/h5-8H,4H2,1-3H3. The van der Waals surface area contributed by atoms with E-state index in [9.17, 15) is 0 Å². The molecule has 0 spiro atoms. The summed E-state index contributed by atoms with van der Waals surface area (Å²) in [7, 11) is 2.04. The summed E-state index contributed by atoms with van der Waals surface area (Å²) in [5.41, 5.74) is 6.22. The molecule has 1 rings (SSSR count). The fourth-order valence-corrected chi connectivity index (χ4v) is 0.957. The molecule has 0 aliphatic carbocycles. The Bertz CT molecular complexity index is 92.3. The Labute approximate surface area is 56.4 Å². The van der Waals surface area contributed by atoms with E-state index in [1.165, 1.54) is 0 Å². The SMILES string of the molecule is CC(C)C1CN(C)NN1. The van der Waals surface area contributed by atoms with E-state index in [1.807, 2.05) is 7.05 Å². The Kier molecular flexibility index (Phi) is 2.05. The fourth-order valence-electron chi connectivity index (χ4n) is 0.957.